The molecule has 3 amide bonds. The minimum Gasteiger partial charge on any atom is -0.496 e. The van der Waals surface area contributed by atoms with Crippen molar-refractivity contribution in [3.8, 4) is 34.0 Å². The van der Waals surface area contributed by atoms with E-state index in [4.69, 9.17) is 47.4 Å². The normalized spacial score (nSPS) is 16.1. The number of methoxy groups -OCH3 is 2. The molecule has 0 N–H and O–H groups in total. The van der Waals surface area contributed by atoms with Gasteiger partial charge in [-0.15, -0.1) is 22.7 Å². The summed E-state index contributed by atoms with van der Waals surface area (Å²) >= 11 is 16.8. The molecule has 0 atom stereocenters. The van der Waals surface area contributed by atoms with Crippen LogP contribution in [-0.4, -0.2) is 90.2 Å². The number of ether oxygens (including phenoxy) is 3. The van der Waals surface area contributed by atoms with Gasteiger partial charge in [0.15, 0.2) is 0 Å². The molecule has 3 aromatic carbocycles. The van der Waals surface area contributed by atoms with Gasteiger partial charge in [0.05, 0.1) is 30.7 Å². The van der Waals surface area contributed by atoms with Crippen molar-refractivity contribution in [2.45, 2.75) is 175 Å². The fourth-order valence-electron chi connectivity index (χ4n) is 10.3. The lowest BCUT2D eigenvalue weighted by atomic mass is 9.78. The number of hydrogen-bond acceptors (Lipinski definition) is 10. The third-order valence-corrected chi connectivity index (χ3v) is 17.3. The molecule has 15 heteroatoms. The number of para-hydroxylation sites is 1. The van der Waals surface area contributed by atoms with Gasteiger partial charge < -0.3 is 28.9 Å². The number of carbonyl (C=O) groups is 3. The molecule has 412 valence electrons. The molecule has 0 spiro atoms. The van der Waals surface area contributed by atoms with Gasteiger partial charge in [-0.3, -0.25) is 9.59 Å². The highest BCUT2D eigenvalue weighted by Crippen LogP contribution is 2.48. The molecule has 0 bridgehead atoms. The number of fused-ring (bicyclic) bond motifs is 1. The molecule has 3 aliphatic rings. The minimum atomic E-state index is -0.484. The minimum absolute atomic E-state index is 0.00554. The number of benzene rings is 3. The summed E-state index contributed by atoms with van der Waals surface area (Å²) in [5.74, 6) is 2.38. The zero-order valence-corrected chi connectivity index (χ0v) is 51.2. The lowest BCUT2D eigenvalue weighted by Crippen LogP contribution is -2.44. The van der Waals surface area contributed by atoms with Crippen molar-refractivity contribution >= 4 is 69.5 Å². The molecule has 76 heavy (non-hydrogen) atoms. The summed E-state index contributed by atoms with van der Waals surface area (Å²) in [7, 11) is 3.49. The van der Waals surface area contributed by atoms with Crippen LogP contribution in [0.5, 0.6) is 11.5 Å². The second-order valence-corrected chi connectivity index (χ2v) is 29.0. The lowest BCUT2D eigenvalue weighted by Gasteiger charge is -2.32. The van der Waals surface area contributed by atoms with Gasteiger partial charge in [0.1, 0.15) is 43.7 Å². The number of halogens is 2. The van der Waals surface area contributed by atoms with Crippen LogP contribution in [-0.2, 0) is 42.4 Å². The molecule has 2 fully saturated rings. The van der Waals surface area contributed by atoms with Gasteiger partial charge in [0.25, 0.3) is 0 Å². The van der Waals surface area contributed by atoms with E-state index in [0.717, 1.165) is 103 Å². The number of aromatic nitrogens is 2. The van der Waals surface area contributed by atoms with Crippen LogP contribution in [0.4, 0.5) is 10.5 Å². The molecule has 0 unspecified atom stereocenters. The SMILES string of the molecule is COc1c(C(C)(C)C)cc(-c2nc(C3CCN(C(=O)CN4C(=O)Cc5ccccc54)CC3)sc2Cl)cc1C(C)(C)C.COc1c(C(C)(C)C)cc(-c2nc(C3CCN(C(=O)OC(C)(C)C)CC3)sc2Cl)cc1C(C)(C)C. The molecule has 8 rings (SSSR count). The van der Waals surface area contributed by atoms with Crippen LogP contribution >= 0.6 is 45.9 Å². The number of thiazole rings is 2. The highest BCUT2D eigenvalue weighted by molar-refractivity contribution is 7.16. The van der Waals surface area contributed by atoms with E-state index in [1.165, 1.54) is 0 Å². The molecule has 0 radical (unpaired) electrons. The first-order chi connectivity index (χ1) is 35.3. The summed E-state index contributed by atoms with van der Waals surface area (Å²) in [6.07, 6.45) is 3.47. The highest BCUT2D eigenvalue weighted by atomic mass is 35.5. The van der Waals surface area contributed by atoms with E-state index in [-0.39, 0.29) is 57.9 Å². The summed E-state index contributed by atoms with van der Waals surface area (Å²) in [4.78, 5) is 53.6. The highest BCUT2D eigenvalue weighted by Gasteiger charge is 2.35. The van der Waals surface area contributed by atoms with E-state index in [2.05, 4.69) is 107 Å². The maximum atomic E-state index is 13.2. The van der Waals surface area contributed by atoms with Gasteiger partial charge in [-0.2, -0.15) is 0 Å². The molecule has 5 heterocycles. The maximum Gasteiger partial charge on any atom is 0.410 e. The summed E-state index contributed by atoms with van der Waals surface area (Å²) in [5.41, 5.74) is 9.20. The van der Waals surface area contributed by atoms with Crippen LogP contribution in [0.15, 0.2) is 48.5 Å². The molecule has 2 aromatic heterocycles. The number of rotatable bonds is 8. The van der Waals surface area contributed by atoms with E-state index < -0.39 is 5.60 Å². The number of likely N-dealkylation sites (tertiary alicyclic amines) is 2. The third-order valence-electron chi connectivity index (χ3n) is 14.5. The van der Waals surface area contributed by atoms with E-state index >= 15 is 0 Å². The molecule has 0 aliphatic carbocycles. The zero-order valence-electron chi connectivity index (χ0n) is 48.1. The first-order valence-corrected chi connectivity index (χ1v) is 29.1. The Balaban J connectivity index is 0.000000224. The van der Waals surface area contributed by atoms with Gasteiger partial charge >= 0.3 is 6.09 Å². The first kappa shape index (κ1) is 59.0. The summed E-state index contributed by atoms with van der Waals surface area (Å²) in [5, 5.41) is 2.06. The largest absolute Gasteiger partial charge is 0.496 e. The van der Waals surface area contributed by atoms with Crippen molar-refractivity contribution < 1.29 is 28.6 Å². The van der Waals surface area contributed by atoms with Crippen LogP contribution in [0.3, 0.4) is 0 Å². The topological polar surface area (TPSA) is 114 Å². The number of nitrogens with zero attached hydrogens (tertiary/aromatic N) is 5. The first-order valence-electron chi connectivity index (χ1n) is 26.7. The number of piperidine rings is 2. The summed E-state index contributed by atoms with van der Waals surface area (Å²) < 4.78 is 18.8. The Morgan fingerprint density at radius 3 is 1.36 bits per heavy atom. The molecule has 11 nitrogen and oxygen atoms in total. The summed E-state index contributed by atoms with van der Waals surface area (Å²) in [6.45, 7) is 34.8. The standard InChI is InChI=1S/C33H40ClN3O3S.C28H41ClN2O3S/c1-32(2,3)23-16-22(17-24(29(23)40-7)33(4,5)6)28-30(34)41-31(35-28)20-12-14-36(15-13-20)27(39)19-37-25-11-9-8-10-21(25)18-26(37)38;1-26(2,3)19-15-18(16-20(22(19)33-10)27(4,5)6)21-23(29)35-24(30-21)17-11-13-31(14-12-17)25(32)34-28(7,8)9/h8-11,16-17,20H,12-15,18-19H2,1-7H3;15-17H,11-14H2,1-10H3. The molecular weight excluding hydrogens is 1030 g/mol. The van der Waals surface area contributed by atoms with Gasteiger partial charge in [-0.1, -0.05) is 124 Å². The lowest BCUT2D eigenvalue weighted by molar-refractivity contribution is -0.132. The Kier molecular flexibility index (Phi) is 17.5. The van der Waals surface area contributed by atoms with Crippen molar-refractivity contribution in [1.29, 1.82) is 0 Å². The van der Waals surface area contributed by atoms with E-state index in [1.807, 2.05) is 49.9 Å². The predicted octanol–water partition coefficient (Wildman–Crippen LogP) is 15.5. The van der Waals surface area contributed by atoms with Gasteiger partial charge in [-0.25, -0.2) is 14.8 Å². The number of hydrogen-bond donors (Lipinski definition) is 0. The fourth-order valence-corrected chi connectivity index (χ4v) is 13.0. The van der Waals surface area contributed by atoms with Crippen LogP contribution in [0.25, 0.3) is 22.5 Å². The molecule has 0 saturated carbocycles. The smallest absolute Gasteiger partial charge is 0.410 e. The van der Waals surface area contributed by atoms with Crippen molar-refractivity contribution in [3.05, 3.63) is 95.0 Å². The van der Waals surface area contributed by atoms with E-state index in [0.29, 0.717) is 41.3 Å². The van der Waals surface area contributed by atoms with Crippen molar-refractivity contribution in [2.24, 2.45) is 0 Å². The third kappa shape index (κ3) is 13.4. The van der Waals surface area contributed by atoms with Crippen LogP contribution in [0.1, 0.15) is 179 Å². The average molecular weight is 1120 g/mol. The molecule has 5 aromatic rings. The van der Waals surface area contributed by atoms with E-state index in [9.17, 15) is 14.4 Å². The van der Waals surface area contributed by atoms with Crippen LogP contribution in [0.2, 0.25) is 8.67 Å². The van der Waals surface area contributed by atoms with Crippen molar-refractivity contribution in [3.63, 3.8) is 0 Å². The van der Waals surface area contributed by atoms with E-state index in [1.54, 1.807) is 46.7 Å². The predicted molar refractivity (Wildman–Crippen MR) is 314 cm³/mol. The number of amides is 3. The van der Waals surface area contributed by atoms with Crippen molar-refractivity contribution in [1.82, 2.24) is 19.8 Å². The maximum absolute atomic E-state index is 13.2. The zero-order chi connectivity index (χ0) is 56.0. The second kappa shape index (κ2) is 22.6. The average Bonchev–Trinajstić information content (AvgIpc) is 4.04. The fraction of sp³-hybridized carbons (Fsp3) is 0.557. The van der Waals surface area contributed by atoms with Gasteiger partial charge in [0, 0.05) is 77.1 Å². The molecular formula is C61H81Cl2N5O6S2. The quantitative estimate of drug-likeness (QED) is 0.151. The van der Waals surface area contributed by atoms with Gasteiger partial charge in [-0.05, 0) is 104 Å². The van der Waals surface area contributed by atoms with Gasteiger partial charge in [0.2, 0.25) is 11.8 Å². The van der Waals surface area contributed by atoms with Crippen LogP contribution < -0.4 is 14.4 Å². The Hall–Kier alpha value is -4.69. The second-order valence-electron chi connectivity index (χ2n) is 25.7. The Morgan fingerprint density at radius 2 is 0.987 bits per heavy atom. The van der Waals surface area contributed by atoms with Crippen LogP contribution in [0, 0.1) is 0 Å². The molecule has 3 aliphatic heterocycles. The Morgan fingerprint density at radius 1 is 0.605 bits per heavy atom. The Bertz CT molecular complexity index is 2860. The number of anilines is 1. The molecule has 2 saturated heterocycles. The number of carbonyl (C=O) groups excluding carboxylic acids is 3. The summed E-state index contributed by atoms with van der Waals surface area (Å²) in [6, 6.07) is 16.4. The van der Waals surface area contributed by atoms with Crippen molar-refractivity contribution in [2.75, 3.05) is 51.8 Å². The monoisotopic (exact) mass is 1110 g/mol. The Labute approximate surface area is 471 Å².